The van der Waals surface area contributed by atoms with Crippen molar-refractivity contribution >= 4 is 17.6 Å². The van der Waals surface area contributed by atoms with Crippen LogP contribution in [0.3, 0.4) is 0 Å². The van der Waals surface area contributed by atoms with Crippen molar-refractivity contribution in [1.29, 1.82) is 0 Å². The van der Waals surface area contributed by atoms with Crippen LogP contribution in [0.4, 0.5) is 5.69 Å². The number of carboxylic acids is 2. The minimum atomic E-state index is -1.11. The van der Waals surface area contributed by atoms with Crippen molar-refractivity contribution < 1.29 is 19.8 Å². The summed E-state index contributed by atoms with van der Waals surface area (Å²) in [5.41, 5.74) is 1.63. The fraction of sp³-hybridized carbons (Fsp3) is 0.467. The van der Waals surface area contributed by atoms with E-state index in [-0.39, 0.29) is 11.1 Å². The highest BCUT2D eigenvalue weighted by Crippen LogP contribution is 2.27. The van der Waals surface area contributed by atoms with Gasteiger partial charge in [-0.2, -0.15) is 0 Å². The molecule has 0 unspecified atom stereocenters. The third kappa shape index (κ3) is 3.95. The first-order valence-electron chi connectivity index (χ1n) is 6.81. The van der Waals surface area contributed by atoms with E-state index in [1.165, 1.54) is 6.07 Å². The van der Waals surface area contributed by atoms with Gasteiger partial charge < -0.3 is 20.4 Å². The van der Waals surface area contributed by atoms with Gasteiger partial charge in [-0.05, 0) is 44.6 Å². The molecule has 0 heterocycles. The largest absolute Gasteiger partial charge is 0.478 e. The Hall–Kier alpha value is -2.08. The van der Waals surface area contributed by atoms with Crippen LogP contribution in [-0.4, -0.2) is 54.2 Å². The van der Waals surface area contributed by atoms with Gasteiger partial charge in [-0.3, -0.25) is 0 Å². The van der Waals surface area contributed by atoms with E-state index in [1.807, 2.05) is 19.0 Å². The minimum absolute atomic E-state index is 0.0489. The molecule has 6 nitrogen and oxygen atoms in total. The van der Waals surface area contributed by atoms with E-state index in [9.17, 15) is 19.8 Å². The van der Waals surface area contributed by atoms with Crippen LogP contribution >= 0.6 is 0 Å². The van der Waals surface area contributed by atoms with E-state index in [1.54, 1.807) is 13.8 Å². The molecule has 0 bridgehead atoms. The quantitative estimate of drug-likeness (QED) is 0.712. The first-order valence-corrected chi connectivity index (χ1v) is 6.81. The Morgan fingerprint density at radius 1 is 1.24 bits per heavy atom. The van der Waals surface area contributed by atoms with Crippen molar-refractivity contribution in [2.24, 2.45) is 0 Å². The Morgan fingerprint density at radius 3 is 2.29 bits per heavy atom. The lowest BCUT2D eigenvalue weighted by Crippen LogP contribution is -2.22. The Labute approximate surface area is 124 Å². The van der Waals surface area contributed by atoms with Gasteiger partial charge in [0.2, 0.25) is 0 Å². The number of carboxylic acid groups (broad SMARTS) is 2. The molecule has 0 amide bonds. The summed E-state index contributed by atoms with van der Waals surface area (Å²) in [5.74, 6) is -2.20. The smallest absolute Gasteiger partial charge is 0.336 e. The zero-order chi connectivity index (χ0) is 16.2. The molecule has 0 atom stereocenters. The number of anilines is 1. The van der Waals surface area contributed by atoms with Crippen molar-refractivity contribution in [2.75, 3.05) is 32.5 Å². The van der Waals surface area contributed by atoms with Crippen LogP contribution in [0.1, 0.15) is 38.8 Å². The summed E-state index contributed by atoms with van der Waals surface area (Å²) >= 11 is 0. The van der Waals surface area contributed by atoms with Crippen molar-refractivity contribution in [2.45, 2.75) is 20.3 Å². The predicted octanol–water partition coefficient (Wildman–Crippen LogP) is 1.93. The first-order chi connectivity index (χ1) is 9.79. The van der Waals surface area contributed by atoms with Gasteiger partial charge in [0.15, 0.2) is 0 Å². The number of hydrogen-bond donors (Lipinski definition) is 3. The first kappa shape index (κ1) is 17.0. The average molecular weight is 294 g/mol. The van der Waals surface area contributed by atoms with E-state index in [4.69, 9.17) is 0 Å². The summed E-state index contributed by atoms with van der Waals surface area (Å²) in [4.78, 5) is 24.8. The molecule has 1 rings (SSSR count). The van der Waals surface area contributed by atoms with Gasteiger partial charge in [0, 0.05) is 18.8 Å². The number of benzene rings is 1. The van der Waals surface area contributed by atoms with Crippen LogP contribution in [0.2, 0.25) is 0 Å². The van der Waals surface area contributed by atoms with Gasteiger partial charge in [0.25, 0.3) is 0 Å². The topological polar surface area (TPSA) is 89.9 Å². The summed E-state index contributed by atoms with van der Waals surface area (Å²) in [6.45, 7) is 4.83. The van der Waals surface area contributed by atoms with E-state index >= 15 is 0 Å². The van der Waals surface area contributed by atoms with Crippen molar-refractivity contribution in [3.63, 3.8) is 0 Å². The number of carbonyl (C=O) groups is 2. The molecule has 0 aliphatic rings. The summed E-state index contributed by atoms with van der Waals surface area (Å²) < 4.78 is 0. The monoisotopic (exact) mass is 294 g/mol. The van der Waals surface area contributed by atoms with Gasteiger partial charge in [0.1, 0.15) is 0 Å². The highest BCUT2D eigenvalue weighted by molar-refractivity contribution is 6.00. The molecule has 0 aliphatic carbocycles. The lowest BCUT2D eigenvalue weighted by molar-refractivity contribution is 0.0695. The summed E-state index contributed by atoms with van der Waals surface area (Å²) in [7, 11) is 3.86. The average Bonchev–Trinajstić information content (AvgIpc) is 2.38. The third-order valence-corrected chi connectivity index (χ3v) is 3.37. The molecule has 1 aromatic carbocycles. The van der Waals surface area contributed by atoms with Gasteiger partial charge in [-0.15, -0.1) is 0 Å². The molecule has 0 radical (unpaired) electrons. The van der Waals surface area contributed by atoms with E-state index in [2.05, 4.69) is 5.32 Å². The highest BCUT2D eigenvalue weighted by Gasteiger charge is 2.22. The van der Waals surface area contributed by atoms with Crippen molar-refractivity contribution in [1.82, 2.24) is 4.90 Å². The number of nitrogens with zero attached hydrogens (tertiary/aromatic N) is 1. The van der Waals surface area contributed by atoms with Gasteiger partial charge in [0.05, 0.1) is 11.1 Å². The van der Waals surface area contributed by atoms with Crippen LogP contribution in [0, 0.1) is 6.92 Å². The molecule has 3 N–H and O–H groups in total. The van der Waals surface area contributed by atoms with Crippen LogP contribution < -0.4 is 5.32 Å². The van der Waals surface area contributed by atoms with Gasteiger partial charge in [-0.1, -0.05) is 6.92 Å². The van der Waals surface area contributed by atoms with Gasteiger partial charge >= 0.3 is 11.9 Å². The maximum atomic E-state index is 11.5. The standard InChI is InChI=1S/C15H22N2O4/c1-5-10-11(14(18)19)8-12(16-6-7-17(3)4)9(2)13(10)15(20)21/h8,16H,5-7H2,1-4H3,(H,18,19)(H,20,21). The molecular weight excluding hydrogens is 272 g/mol. The number of nitrogens with one attached hydrogen (secondary N) is 1. The maximum absolute atomic E-state index is 11.5. The van der Waals surface area contributed by atoms with E-state index in [0.29, 0.717) is 29.8 Å². The summed E-state index contributed by atoms with van der Waals surface area (Å²) in [6, 6.07) is 1.53. The van der Waals surface area contributed by atoms with Crippen LogP contribution in [-0.2, 0) is 6.42 Å². The molecule has 6 heteroatoms. The van der Waals surface area contributed by atoms with Gasteiger partial charge in [-0.25, -0.2) is 9.59 Å². The van der Waals surface area contributed by atoms with Crippen LogP contribution in [0.15, 0.2) is 6.07 Å². The van der Waals surface area contributed by atoms with Crippen molar-refractivity contribution in [3.05, 3.63) is 28.3 Å². The van der Waals surface area contributed by atoms with Crippen molar-refractivity contribution in [3.8, 4) is 0 Å². The number of rotatable bonds is 7. The van der Waals surface area contributed by atoms with E-state index < -0.39 is 11.9 Å². The summed E-state index contributed by atoms with van der Waals surface area (Å²) in [6.07, 6.45) is 0.363. The molecule has 0 saturated heterocycles. The highest BCUT2D eigenvalue weighted by atomic mass is 16.4. The minimum Gasteiger partial charge on any atom is -0.478 e. The maximum Gasteiger partial charge on any atom is 0.336 e. The second-order valence-electron chi connectivity index (χ2n) is 5.14. The SMILES string of the molecule is CCc1c(C(=O)O)cc(NCCN(C)C)c(C)c1C(=O)O. The second-order valence-corrected chi connectivity index (χ2v) is 5.14. The fourth-order valence-corrected chi connectivity index (χ4v) is 2.28. The second kappa shape index (κ2) is 7.08. The Balaban J connectivity index is 3.32. The molecule has 1 aromatic rings. The molecule has 116 valence electrons. The molecular formula is C15H22N2O4. The predicted molar refractivity (Wildman–Crippen MR) is 81.5 cm³/mol. The molecule has 0 saturated carbocycles. The van der Waals surface area contributed by atoms with Crippen LogP contribution in [0.5, 0.6) is 0 Å². The number of hydrogen-bond acceptors (Lipinski definition) is 4. The molecule has 0 fully saturated rings. The zero-order valence-corrected chi connectivity index (χ0v) is 12.9. The number of aromatic carboxylic acids is 2. The summed E-state index contributed by atoms with van der Waals surface area (Å²) in [5, 5.41) is 21.8. The molecule has 0 aliphatic heterocycles. The zero-order valence-electron chi connectivity index (χ0n) is 12.9. The van der Waals surface area contributed by atoms with E-state index in [0.717, 1.165) is 6.54 Å². The molecule has 21 heavy (non-hydrogen) atoms. The van der Waals surface area contributed by atoms with Crippen LogP contribution in [0.25, 0.3) is 0 Å². The molecule has 0 aromatic heterocycles. The Morgan fingerprint density at radius 2 is 1.86 bits per heavy atom. The third-order valence-electron chi connectivity index (χ3n) is 3.37. The molecule has 0 spiro atoms. The number of likely N-dealkylation sites (N-methyl/N-ethyl adjacent to an activating group) is 1. The lowest BCUT2D eigenvalue weighted by Gasteiger charge is -2.18. The lowest BCUT2D eigenvalue weighted by atomic mass is 9.93. The Bertz CT molecular complexity index is 553. The Kier molecular flexibility index (Phi) is 5.72. The normalized spacial score (nSPS) is 10.7. The fourth-order valence-electron chi connectivity index (χ4n) is 2.28.